The van der Waals surface area contributed by atoms with E-state index in [4.69, 9.17) is 9.57 Å². The Morgan fingerprint density at radius 3 is 2.00 bits per heavy atom. The molecular formula is C29H21N3O6S. The number of thiazole rings is 1. The number of benzene rings is 3. The molecule has 6 rings (SSSR count). The molecule has 0 spiro atoms. The molecule has 4 aromatic rings. The molecule has 9 nitrogen and oxygen atoms in total. The predicted molar refractivity (Wildman–Crippen MR) is 141 cm³/mol. The van der Waals surface area contributed by atoms with Crippen molar-refractivity contribution in [2.24, 2.45) is 0 Å². The fraction of sp³-hybridized carbons (Fsp3) is 0.138. The van der Waals surface area contributed by atoms with E-state index >= 15 is 0 Å². The number of alkyl carbamates (subject to hydrolysis) is 1. The van der Waals surface area contributed by atoms with E-state index in [1.165, 1.54) is 12.1 Å². The quantitative estimate of drug-likeness (QED) is 0.348. The molecule has 3 amide bonds. The molecule has 1 N–H and O–H groups in total. The lowest BCUT2D eigenvalue weighted by Gasteiger charge is -2.14. The standard InChI is InChI=1S/C29H21N3O6S/c1-16-25(28(35)38-32-26(33)21-12-6-7-13-22(21)27(32)34)39-24(31-16)14-30-29(36)37-15-23-19-10-4-2-8-17(19)18-9-3-5-11-20(18)23/h2-13,23H,14-15H2,1H3,(H,30,36). The largest absolute Gasteiger partial charge is 0.449 e. The molecule has 0 saturated carbocycles. The van der Waals surface area contributed by atoms with Crippen LogP contribution in [-0.4, -0.2) is 40.5 Å². The molecule has 10 heteroatoms. The smallest absolute Gasteiger partial charge is 0.407 e. The predicted octanol–water partition coefficient (Wildman–Crippen LogP) is 4.86. The van der Waals surface area contributed by atoms with Crippen LogP contribution in [0.1, 0.15) is 58.1 Å². The van der Waals surface area contributed by atoms with Crippen LogP contribution >= 0.6 is 11.3 Å². The second-order valence-corrected chi connectivity index (χ2v) is 10.1. The van der Waals surface area contributed by atoms with Gasteiger partial charge in [-0.3, -0.25) is 9.59 Å². The molecule has 0 saturated heterocycles. The molecule has 1 aromatic heterocycles. The Labute approximate surface area is 227 Å². The van der Waals surface area contributed by atoms with Gasteiger partial charge in [0.25, 0.3) is 11.8 Å². The number of nitrogens with one attached hydrogen (secondary N) is 1. The van der Waals surface area contributed by atoms with Crippen LogP contribution in [0.15, 0.2) is 72.8 Å². The Kier molecular flexibility index (Phi) is 6.16. The second-order valence-electron chi connectivity index (χ2n) is 9.03. The molecule has 0 atom stereocenters. The van der Waals surface area contributed by atoms with Crippen molar-refractivity contribution in [2.75, 3.05) is 6.61 Å². The van der Waals surface area contributed by atoms with Crippen molar-refractivity contribution in [3.8, 4) is 11.1 Å². The van der Waals surface area contributed by atoms with Gasteiger partial charge in [0, 0.05) is 5.92 Å². The number of nitrogens with zero attached hydrogens (tertiary/aromatic N) is 2. The number of ether oxygens (including phenoxy) is 1. The highest BCUT2D eigenvalue weighted by molar-refractivity contribution is 7.13. The maximum Gasteiger partial charge on any atom is 0.407 e. The number of carbonyl (C=O) groups excluding carboxylic acids is 4. The number of aryl methyl sites for hydroxylation is 1. The van der Waals surface area contributed by atoms with E-state index in [2.05, 4.69) is 22.4 Å². The monoisotopic (exact) mass is 539 g/mol. The molecule has 0 fully saturated rings. The minimum absolute atomic E-state index is 0.0302. The number of hydrogen-bond acceptors (Lipinski definition) is 8. The van der Waals surface area contributed by atoms with Crippen LogP contribution in [0.4, 0.5) is 4.79 Å². The van der Waals surface area contributed by atoms with Crippen LogP contribution in [0.2, 0.25) is 0 Å². The first-order valence-electron chi connectivity index (χ1n) is 12.2. The zero-order chi connectivity index (χ0) is 27.1. The summed E-state index contributed by atoms with van der Waals surface area (Å²) in [7, 11) is 0. The van der Waals surface area contributed by atoms with Crippen molar-refractivity contribution in [3.63, 3.8) is 0 Å². The average molecular weight is 540 g/mol. The third kappa shape index (κ3) is 4.34. The fourth-order valence-electron chi connectivity index (χ4n) is 4.89. The number of carbonyl (C=O) groups is 4. The second kappa shape index (κ2) is 9.80. The summed E-state index contributed by atoms with van der Waals surface area (Å²) in [5.74, 6) is -2.35. The van der Waals surface area contributed by atoms with Crippen LogP contribution in [0.3, 0.4) is 0 Å². The first-order chi connectivity index (χ1) is 18.9. The number of hydroxylamine groups is 2. The number of hydrogen-bond donors (Lipinski definition) is 1. The number of rotatable bonds is 6. The van der Waals surface area contributed by atoms with Crippen molar-refractivity contribution < 1.29 is 28.8 Å². The molecule has 2 heterocycles. The van der Waals surface area contributed by atoms with Crippen LogP contribution in [-0.2, 0) is 16.1 Å². The maximum atomic E-state index is 12.8. The van der Waals surface area contributed by atoms with E-state index in [1.54, 1.807) is 19.1 Å². The maximum absolute atomic E-state index is 12.8. The molecule has 1 aliphatic carbocycles. The minimum Gasteiger partial charge on any atom is -0.449 e. The van der Waals surface area contributed by atoms with E-state index in [0.717, 1.165) is 33.6 Å². The summed E-state index contributed by atoms with van der Waals surface area (Å²) < 4.78 is 5.54. The van der Waals surface area contributed by atoms with Crippen molar-refractivity contribution >= 4 is 35.2 Å². The van der Waals surface area contributed by atoms with Gasteiger partial charge < -0.3 is 14.9 Å². The summed E-state index contributed by atoms with van der Waals surface area (Å²) in [6, 6.07) is 22.4. The molecule has 3 aromatic carbocycles. The Balaban J connectivity index is 1.06. The van der Waals surface area contributed by atoms with Crippen LogP contribution in [0, 0.1) is 6.92 Å². The number of imide groups is 1. The topological polar surface area (TPSA) is 115 Å². The zero-order valence-corrected chi connectivity index (χ0v) is 21.5. The van der Waals surface area contributed by atoms with Gasteiger partial charge in [0.1, 0.15) is 16.5 Å². The highest BCUT2D eigenvalue weighted by Crippen LogP contribution is 2.44. The lowest BCUT2D eigenvalue weighted by molar-refractivity contribution is -0.0581. The summed E-state index contributed by atoms with van der Waals surface area (Å²) >= 11 is 0.999. The zero-order valence-electron chi connectivity index (χ0n) is 20.7. The van der Waals surface area contributed by atoms with E-state index in [1.807, 2.05) is 36.4 Å². The van der Waals surface area contributed by atoms with E-state index in [9.17, 15) is 19.2 Å². The summed E-state index contributed by atoms with van der Waals surface area (Å²) in [5, 5.41) is 3.56. The summed E-state index contributed by atoms with van der Waals surface area (Å²) in [4.78, 5) is 59.8. The van der Waals surface area contributed by atoms with E-state index in [-0.39, 0.29) is 35.1 Å². The van der Waals surface area contributed by atoms with Crippen molar-refractivity contribution in [3.05, 3.63) is 111 Å². The first kappa shape index (κ1) is 24.5. The Morgan fingerprint density at radius 1 is 0.872 bits per heavy atom. The van der Waals surface area contributed by atoms with Gasteiger partial charge in [-0.2, -0.15) is 0 Å². The molecule has 0 bridgehead atoms. The summed E-state index contributed by atoms with van der Waals surface area (Å²) in [5.41, 5.74) is 5.20. The SMILES string of the molecule is Cc1nc(CNC(=O)OCC2c3ccccc3-c3ccccc32)sc1C(=O)ON1C(=O)c2ccccc2C1=O. The van der Waals surface area contributed by atoms with Gasteiger partial charge in [-0.05, 0) is 41.3 Å². The van der Waals surface area contributed by atoms with Gasteiger partial charge in [0.15, 0.2) is 0 Å². The molecule has 0 unspecified atom stereocenters. The molecule has 39 heavy (non-hydrogen) atoms. The Bertz CT molecular complexity index is 1580. The Hall–Kier alpha value is -4.83. The van der Waals surface area contributed by atoms with Gasteiger partial charge in [-0.25, -0.2) is 14.6 Å². The average Bonchev–Trinajstić information content (AvgIpc) is 3.57. The molecule has 2 aliphatic rings. The fourth-order valence-corrected chi connectivity index (χ4v) is 5.77. The van der Waals surface area contributed by atoms with Gasteiger partial charge >= 0.3 is 12.1 Å². The highest BCUT2D eigenvalue weighted by Gasteiger charge is 2.39. The number of amides is 3. The van der Waals surface area contributed by atoms with E-state index < -0.39 is 23.9 Å². The van der Waals surface area contributed by atoms with Crippen LogP contribution < -0.4 is 5.32 Å². The Morgan fingerprint density at radius 2 is 1.41 bits per heavy atom. The molecule has 0 radical (unpaired) electrons. The van der Waals surface area contributed by atoms with Crippen molar-refractivity contribution in [1.29, 1.82) is 0 Å². The number of aromatic nitrogens is 1. The van der Waals surface area contributed by atoms with Gasteiger partial charge in [0.2, 0.25) is 0 Å². The first-order valence-corrected chi connectivity index (χ1v) is 13.0. The summed E-state index contributed by atoms with van der Waals surface area (Å²) in [6.45, 7) is 1.81. The molecule has 194 valence electrons. The lowest BCUT2D eigenvalue weighted by Crippen LogP contribution is -2.32. The number of fused-ring (bicyclic) bond motifs is 4. The van der Waals surface area contributed by atoms with Crippen LogP contribution in [0.25, 0.3) is 11.1 Å². The van der Waals surface area contributed by atoms with E-state index in [0.29, 0.717) is 15.8 Å². The third-order valence-electron chi connectivity index (χ3n) is 6.68. The molecular weight excluding hydrogens is 518 g/mol. The van der Waals surface area contributed by atoms with Crippen molar-refractivity contribution in [2.45, 2.75) is 19.4 Å². The molecule has 1 aliphatic heterocycles. The van der Waals surface area contributed by atoms with Crippen LogP contribution in [0.5, 0.6) is 0 Å². The minimum atomic E-state index is -0.883. The van der Waals surface area contributed by atoms with Crippen molar-refractivity contribution in [1.82, 2.24) is 15.4 Å². The highest BCUT2D eigenvalue weighted by atomic mass is 32.1. The van der Waals surface area contributed by atoms with Gasteiger partial charge in [-0.15, -0.1) is 11.3 Å². The van der Waals surface area contributed by atoms with Gasteiger partial charge in [0.05, 0.1) is 23.4 Å². The van der Waals surface area contributed by atoms with Gasteiger partial charge in [-0.1, -0.05) is 65.7 Å². The normalized spacial score (nSPS) is 13.6. The summed E-state index contributed by atoms with van der Waals surface area (Å²) in [6.07, 6.45) is -0.611. The lowest BCUT2D eigenvalue weighted by atomic mass is 9.98. The third-order valence-corrected chi connectivity index (χ3v) is 7.82.